The number of carbonyl (C=O) groups is 1. The van der Waals surface area contributed by atoms with Crippen LogP contribution in [0.15, 0.2) is 24.3 Å². The summed E-state index contributed by atoms with van der Waals surface area (Å²) in [6.07, 6.45) is 39.2. The number of hydrogen-bond acceptors (Lipinski definition) is 11. The van der Waals surface area contributed by atoms with Crippen LogP contribution < -0.4 is 0 Å². The minimum atomic E-state index is -5.06. The van der Waals surface area contributed by atoms with Crippen LogP contribution in [0.5, 0.6) is 0 Å². The maximum atomic E-state index is 12.9. The van der Waals surface area contributed by atoms with Gasteiger partial charge in [0.25, 0.3) is 0 Å². The number of allylic oxidation sites excluding steroid dienone is 4. The molecule has 4 N–H and O–H groups in total. The first-order chi connectivity index (χ1) is 30.6. The van der Waals surface area contributed by atoms with Crippen molar-refractivity contribution in [3.05, 3.63) is 24.3 Å². The molecule has 0 amide bonds. The highest BCUT2D eigenvalue weighted by Crippen LogP contribution is 2.26. The molecule has 0 aliphatic carbocycles. The number of esters is 1. The van der Waals surface area contributed by atoms with E-state index in [0.717, 1.165) is 51.4 Å². The predicted octanol–water partition coefficient (Wildman–Crippen LogP) is 11.6. The van der Waals surface area contributed by atoms with Crippen molar-refractivity contribution >= 4 is 16.4 Å². The van der Waals surface area contributed by atoms with Crippen LogP contribution in [-0.2, 0) is 38.3 Å². The van der Waals surface area contributed by atoms with Gasteiger partial charge >= 0.3 is 16.4 Å². The molecule has 1 aliphatic heterocycles. The van der Waals surface area contributed by atoms with Gasteiger partial charge in [0.1, 0.15) is 30.5 Å². The zero-order valence-electron chi connectivity index (χ0n) is 39.9. The van der Waals surface area contributed by atoms with E-state index in [9.17, 15) is 33.1 Å². The van der Waals surface area contributed by atoms with Crippen LogP contribution in [0.25, 0.3) is 0 Å². The molecule has 6 atom stereocenters. The minimum Gasteiger partial charge on any atom is -0.457 e. The normalized spacial score (nSPS) is 20.0. The summed E-state index contributed by atoms with van der Waals surface area (Å²) in [7, 11) is -5.06. The lowest BCUT2D eigenvalue weighted by atomic mass is 9.99. The first-order valence-electron chi connectivity index (χ1n) is 25.6. The standard InChI is InChI=1S/C50H94O12S/c1-3-5-7-9-11-13-15-17-19-21-22-24-26-28-30-32-34-36-38-40-58-42-44(43-59-50-48(54)49(62-63(55,56)57)47(53)45(41-51)61-50)60-46(52)39-37-35-33-31-29-27-25-23-20-18-16-14-12-10-8-6-4-2/h13,15,19,21,44-45,47-51,53-54H,3-12,14,16-18,20,22-43H2,1-2H3,(H,55,56,57)/b15-13-,21-19-. The van der Waals surface area contributed by atoms with Crippen LogP contribution >= 0.6 is 0 Å². The molecule has 0 spiro atoms. The Morgan fingerprint density at radius 3 is 1.52 bits per heavy atom. The predicted molar refractivity (Wildman–Crippen MR) is 253 cm³/mol. The topological polar surface area (TPSA) is 178 Å². The third kappa shape index (κ3) is 35.4. The second kappa shape index (κ2) is 42.0. The van der Waals surface area contributed by atoms with Gasteiger partial charge in [-0.1, -0.05) is 199 Å². The summed E-state index contributed by atoms with van der Waals surface area (Å²) in [6, 6.07) is 0. The molecule has 0 aromatic carbocycles. The van der Waals surface area contributed by atoms with E-state index in [2.05, 4.69) is 42.3 Å². The van der Waals surface area contributed by atoms with Crippen molar-refractivity contribution in [3.63, 3.8) is 0 Å². The molecule has 1 aliphatic rings. The molecular weight excluding hydrogens is 825 g/mol. The third-order valence-electron chi connectivity index (χ3n) is 11.8. The quantitative estimate of drug-likeness (QED) is 0.0197. The van der Waals surface area contributed by atoms with E-state index in [1.54, 1.807) is 0 Å². The molecule has 1 saturated heterocycles. The van der Waals surface area contributed by atoms with Gasteiger partial charge in [0, 0.05) is 13.0 Å². The Labute approximate surface area is 384 Å². The summed E-state index contributed by atoms with van der Waals surface area (Å²) < 4.78 is 59.2. The molecule has 12 nitrogen and oxygen atoms in total. The van der Waals surface area contributed by atoms with E-state index in [4.69, 9.17) is 18.9 Å². The zero-order chi connectivity index (χ0) is 46.1. The largest absolute Gasteiger partial charge is 0.457 e. The number of hydrogen-bond donors (Lipinski definition) is 4. The van der Waals surface area contributed by atoms with Gasteiger partial charge < -0.3 is 34.3 Å². The lowest BCUT2D eigenvalue weighted by Gasteiger charge is -2.41. The Morgan fingerprint density at radius 1 is 0.603 bits per heavy atom. The van der Waals surface area contributed by atoms with E-state index in [-0.39, 0.29) is 19.6 Å². The summed E-state index contributed by atoms with van der Waals surface area (Å²) in [5.41, 5.74) is 0. The van der Waals surface area contributed by atoms with Crippen molar-refractivity contribution < 1.29 is 56.2 Å². The second-order valence-electron chi connectivity index (χ2n) is 17.8. The number of ether oxygens (including phenoxy) is 4. The molecule has 0 saturated carbocycles. The average molecular weight is 919 g/mol. The van der Waals surface area contributed by atoms with Gasteiger partial charge in [0.05, 0.1) is 19.8 Å². The molecular formula is C50H94O12S. The smallest absolute Gasteiger partial charge is 0.397 e. The first kappa shape index (κ1) is 59.6. The maximum absolute atomic E-state index is 12.9. The summed E-state index contributed by atoms with van der Waals surface area (Å²) in [6.45, 7) is 4.00. The monoisotopic (exact) mass is 919 g/mol. The molecule has 0 radical (unpaired) electrons. The van der Waals surface area contributed by atoms with Crippen LogP contribution in [0, 0.1) is 0 Å². The fourth-order valence-electron chi connectivity index (χ4n) is 7.94. The summed E-state index contributed by atoms with van der Waals surface area (Å²) in [5.74, 6) is -0.397. The first-order valence-corrected chi connectivity index (χ1v) is 27.0. The number of aliphatic hydroxyl groups is 3. The van der Waals surface area contributed by atoms with Gasteiger partial charge in [-0.3, -0.25) is 9.35 Å². The summed E-state index contributed by atoms with van der Waals surface area (Å²) in [4.78, 5) is 12.9. The molecule has 63 heavy (non-hydrogen) atoms. The van der Waals surface area contributed by atoms with E-state index in [1.807, 2.05) is 0 Å². The molecule has 0 bridgehead atoms. The number of unbranched alkanes of at least 4 members (excludes halogenated alkanes) is 28. The molecule has 0 aromatic rings. The van der Waals surface area contributed by atoms with Gasteiger partial charge in [0.2, 0.25) is 0 Å². The zero-order valence-corrected chi connectivity index (χ0v) is 40.7. The molecule has 1 heterocycles. The Hall–Kier alpha value is -1.42. The van der Waals surface area contributed by atoms with Crippen molar-refractivity contribution in [1.82, 2.24) is 0 Å². The van der Waals surface area contributed by atoms with Crippen molar-refractivity contribution in [2.45, 2.75) is 263 Å². The number of rotatable bonds is 45. The molecule has 1 rings (SSSR count). The van der Waals surface area contributed by atoms with Gasteiger partial charge in [-0.25, -0.2) is 4.18 Å². The van der Waals surface area contributed by atoms with Gasteiger partial charge in [-0.15, -0.1) is 0 Å². The van der Waals surface area contributed by atoms with Crippen LogP contribution in [0.4, 0.5) is 0 Å². The molecule has 0 aromatic heterocycles. The Balaban J connectivity index is 2.36. The van der Waals surface area contributed by atoms with Crippen LogP contribution in [0.1, 0.15) is 226 Å². The fourth-order valence-corrected chi connectivity index (χ4v) is 8.45. The van der Waals surface area contributed by atoms with Crippen molar-refractivity contribution in [2.24, 2.45) is 0 Å². The SMILES string of the molecule is CCCCCC/C=C\C/C=C\CCCCCCCCCCOCC(COC1OC(CO)C(O)C(OS(=O)(=O)O)C1O)OC(=O)CCCCCCCCCCCCCCCCCCC. The van der Waals surface area contributed by atoms with Crippen LogP contribution in [-0.4, -0.2) is 97.5 Å². The van der Waals surface area contributed by atoms with Gasteiger partial charge in [0.15, 0.2) is 6.29 Å². The van der Waals surface area contributed by atoms with Crippen LogP contribution in [0.2, 0.25) is 0 Å². The van der Waals surface area contributed by atoms with Gasteiger partial charge in [-0.2, -0.15) is 8.42 Å². The Kier molecular flexibility index (Phi) is 39.7. The minimum absolute atomic E-state index is 0.0361. The lowest BCUT2D eigenvalue weighted by molar-refractivity contribution is -0.301. The Morgan fingerprint density at radius 2 is 1.05 bits per heavy atom. The Bertz CT molecular complexity index is 1200. The summed E-state index contributed by atoms with van der Waals surface area (Å²) in [5, 5.41) is 30.7. The second-order valence-corrected chi connectivity index (χ2v) is 18.8. The lowest BCUT2D eigenvalue weighted by Crippen LogP contribution is -2.60. The average Bonchev–Trinajstić information content (AvgIpc) is 3.26. The van der Waals surface area contributed by atoms with Gasteiger partial charge in [-0.05, 0) is 44.9 Å². The van der Waals surface area contributed by atoms with Crippen molar-refractivity contribution in [1.29, 1.82) is 0 Å². The highest BCUT2D eigenvalue weighted by Gasteiger charge is 2.48. The number of aliphatic hydroxyl groups excluding tert-OH is 3. The summed E-state index contributed by atoms with van der Waals surface area (Å²) >= 11 is 0. The number of carbonyl (C=O) groups excluding carboxylic acids is 1. The highest BCUT2D eigenvalue weighted by atomic mass is 32.3. The van der Waals surface area contributed by atoms with Crippen LogP contribution in [0.3, 0.4) is 0 Å². The third-order valence-corrected chi connectivity index (χ3v) is 12.3. The van der Waals surface area contributed by atoms with E-state index >= 15 is 0 Å². The van der Waals surface area contributed by atoms with E-state index in [1.165, 1.54) is 148 Å². The molecule has 372 valence electrons. The molecule has 13 heteroatoms. The molecule has 6 unspecified atom stereocenters. The van der Waals surface area contributed by atoms with E-state index in [0.29, 0.717) is 13.0 Å². The fraction of sp³-hybridized carbons (Fsp3) is 0.900. The maximum Gasteiger partial charge on any atom is 0.397 e. The van der Waals surface area contributed by atoms with E-state index < -0.39 is 59.8 Å². The molecule has 1 fully saturated rings. The van der Waals surface area contributed by atoms with Crippen molar-refractivity contribution in [2.75, 3.05) is 26.4 Å². The van der Waals surface area contributed by atoms with Crippen molar-refractivity contribution in [3.8, 4) is 0 Å². The highest BCUT2D eigenvalue weighted by molar-refractivity contribution is 7.80.